The van der Waals surface area contributed by atoms with Crippen LogP contribution in [-0.4, -0.2) is 40.0 Å². The predicted molar refractivity (Wildman–Crippen MR) is 126 cm³/mol. The zero-order chi connectivity index (χ0) is 24.6. The van der Waals surface area contributed by atoms with Crippen molar-refractivity contribution in [3.63, 3.8) is 0 Å². The van der Waals surface area contributed by atoms with Crippen molar-refractivity contribution < 1.29 is 29.3 Å². The van der Waals surface area contributed by atoms with E-state index in [2.05, 4.69) is 0 Å². The molecule has 0 unspecified atom stereocenters. The third-order valence-corrected chi connectivity index (χ3v) is 7.64. The molecular weight excluding hydrogens is 420 g/mol. The molecule has 3 rings (SSSR count). The van der Waals surface area contributed by atoms with Crippen LogP contribution in [0.3, 0.4) is 0 Å². The Hall–Kier alpha value is -2.60. The maximum Gasteiger partial charge on any atom is 0.338 e. The number of esters is 2. The van der Waals surface area contributed by atoms with E-state index in [0.717, 1.165) is 5.57 Å². The van der Waals surface area contributed by atoms with Gasteiger partial charge in [0.2, 0.25) is 0 Å². The zero-order valence-electron chi connectivity index (χ0n) is 20.4. The summed E-state index contributed by atoms with van der Waals surface area (Å²) in [5, 5.41) is 21.4. The number of fused-ring (bicyclic) bond motifs is 1. The van der Waals surface area contributed by atoms with Gasteiger partial charge in [0.05, 0.1) is 11.2 Å². The minimum atomic E-state index is -1.08. The molecule has 0 radical (unpaired) electrons. The van der Waals surface area contributed by atoms with Crippen molar-refractivity contribution in [2.45, 2.75) is 78.6 Å². The molecule has 2 N–H and O–H groups in total. The Balaban J connectivity index is 2.01. The molecule has 2 aliphatic carbocycles. The first kappa shape index (κ1) is 25.0. The highest BCUT2D eigenvalue weighted by Gasteiger charge is 2.63. The van der Waals surface area contributed by atoms with Crippen LogP contribution < -0.4 is 0 Å². The van der Waals surface area contributed by atoms with E-state index in [0.29, 0.717) is 30.4 Å². The van der Waals surface area contributed by atoms with Crippen LogP contribution in [0.15, 0.2) is 47.6 Å². The van der Waals surface area contributed by atoms with Crippen molar-refractivity contribution in [2.75, 3.05) is 0 Å². The van der Waals surface area contributed by atoms with E-state index in [4.69, 9.17) is 9.47 Å². The van der Waals surface area contributed by atoms with Crippen molar-refractivity contribution in [3.05, 3.63) is 53.1 Å². The molecule has 1 saturated carbocycles. The first-order valence-electron chi connectivity index (χ1n) is 11.7. The van der Waals surface area contributed by atoms with E-state index >= 15 is 0 Å². The number of allylic oxidation sites excluding steroid dienone is 1. The second-order valence-electron chi connectivity index (χ2n) is 10.1. The number of carbonyl (C=O) groups excluding carboxylic acids is 2. The lowest BCUT2D eigenvalue weighted by Gasteiger charge is -2.45. The molecule has 5 atom stereocenters. The zero-order valence-corrected chi connectivity index (χ0v) is 20.4. The summed E-state index contributed by atoms with van der Waals surface area (Å²) in [6.07, 6.45) is 4.14. The summed E-state index contributed by atoms with van der Waals surface area (Å²) in [4.78, 5) is 25.7. The van der Waals surface area contributed by atoms with Gasteiger partial charge < -0.3 is 19.7 Å². The predicted octanol–water partition coefficient (Wildman–Crippen LogP) is 4.95. The van der Waals surface area contributed by atoms with Gasteiger partial charge in [-0.15, -0.1) is 0 Å². The summed E-state index contributed by atoms with van der Waals surface area (Å²) in [5.74, 6) is -1.33. The normalized spacial score (nSPS) is 32.1. The molecular formula is C27H36O6. The molecule has 6 nitrogen and oxygen atoms in total. The van der Waals surface area contributed by atoms with E-state index in [1.165, 1.54) is 24.3 Å². The maximum absolute atomic E-state index is 13.0. The van der Waals surface area contributed by atoms with E-state index in [1.54, 1.807) is 19.9 Å². The fourth-order valence-corrected chi connectivity index (χ4v) is 5.42. The van der Waals surface area contributed by atoms with Crippen LogP contribution >= 0.6 is 0 Å². The second-order valence-corrected chi connectivity index (χ2v) is 10.1. The molecule has 1 aromatic rings. The minimum Gasteiger partial charge on any atom is -0.508 e. The molecule has 1 aromatic carbocycles. The summed E-state index contributed by atoms with van der Waals surface area (Å²) < 4.78 is 12.0. The molecule has 6 heteroatoms. The molecule has 0 bridgehead atoms. The summed E-state index contributed by atoms with van der Waals surface area (Å²) in [6, 6.07) is 5.92. The van der Waals surface area contributed by atoms with Crippen LogP contribution in [-0.2, 0) is 14.3 Å². The van der Waals surface area contributed by atoms with Crippen molar-refractivity contribution in [2.24, 2.45) is 17.3 Å². The lowest BCUT2D eigenvalue weighted by atomic mass is 9.66. The molecule has 0 aromatic heterocycles. The highest BCUT2D eigenvalue weighted by molar-refractivity contribution is 5.89. The van der Waals surface area contributed by atoms with Crippen LogP contribution in [0.5, 0.6) is 5.75 Å². The lowest BCUT2D eigenvalue weighted by molar-refractivity contribution is -0.159. The third-order valence-electron chi connectivity index (χ3n) is 7.64. The Bertz CT molecular complexity index is 959. The number of rotatable bonds is 5. The third kappa shape index (κ3) is 4.72. The molecule has 0 saturated heterocycles. The van der Waals surface area contributed by atoms with Gasteiger partial charge in [-0.1, -0.05) is 32.4 Å². The minimum absolute atomic E-state index is 0.0680. The van der Waals surface area contributed by atoms with Crippen LogP contribution in [0.2, 0.25) is 0 Å². The first-order valence-corrected chi connectivity index (χ1v) is 11.7. The van der Waals surface area contributed by atoms with E-state index in [9.17, 15) is 19.8 Å². The molecule has 2 aliphatic rings. The SMILES string of the molecule is CC=C(C)C(=O)O[C@H]1C=C(C)C[C@@H](OC(=O)c2ccc(O)cc2)[C@H]2[C@]1(C)CC[C@]2(O)C(C)C. The Labute approximate surface area is 196 Å². The van der Waals surface area contributed by atoms with Gasteiger partial charge in [0, 0.05) is 23.3 Å². The molecule has 33 heavy (non-hydrogen) atoms. The van der Waals surface area contributed by atoms with Crippen LogP contribution in [0.1, 0.15) is 71.2 Å². The number of ether oxygens (including phenoxy) is 2. The Morgan fingerprint density at radius 2 is 1.79 bits per heavy atom. The van der Waals surface area contributed by atoms with Gasteiger partial charge in [-0.2, -0.15) is 0 Å². The summed E-state index contributed by atoms with van der Waals surface area (Å²) in [6.45, 7) is 11.4. The van der Waals surface area contributed by atoms with Crippen molar-refractivity contribution >= 4 is 11.9 Å². The van der Waals surface area contributed by atoms with Gasteiger partial charge in [-0.3, -0.25) is 0 Å². The summed E-state index contributed by atoms with van der Waals surface area (Å²) >= 11 is 0. The quantitative estimate of drug-likeness (QED) is 0.370. The highest BCUT2D eigenvalue weighted by atomic mass is 16.6. The largest absolute Gasteiger partial charge is 0.508 e. The summed E-state index contributed by atoms with van der Waals surface area (Å²) in [5.41, 5.74) is 0.112. The summed E-state index contributed by atoms with van der Waals surface area (Å²) in [7, 11) is 0. The van der Waals surface area contributed by atoms with Crippen LogP contribution in [0, 0.1) is 17.3 Å². The van der Waals surface area contributed by atoms with Gasteiger partial charge in [0.1, 0.15) is 18.0 Å². The van der Waals surface area contributed by atoms with Crippen LogP contribution in [0.4, 0.5) is 0 Å². The molecule has 0 spiro atoms. The van der Waals surface area contributed by atoms with Gasteiger partial charge in [0.15, 0.2) is 0 Å². The number of hydrogen-bond donors (Lipinski definition) is 2. The Kier molecular flexibility index (Phi) is 7.08. The lowest BCUT2D eigenvalue weighted by Crippen LogP contribution is -2.53. The monoisotopic (exact) mass is 456 g/mol. The van der Waals surface area contributed by atoms with E-state index < -0.39 is 35.1 Å². The van der Waals surface area contributed by atoms with Crippen molar-refractivity contribution in [3.8, 4) is 5.75 Å². The second kappa shape index (κ2) is 9.34. The van der Waals surface area contributed by atoms with Crippen LogP contribution in [0.25, 0.3) is 0 Å². The highest BCUT2D eigenvalue weighted by Crippen LogP contribution is 2.58. The molecule has 1 fully saturated rings. The van der Waals surface area contributed by atoms with Gasteiger partial charge >= 0.3 is 11.9 Å². The number of carbonyl (C=O) groups is 2. The number of benzene rings is 1. The number of hydrogen-bond acceptors (Lipinski definition) is 6. The van der Waals surface area contributed by atoms with Crippen molar-refractivity contribution in [1.29, 1.82) is 0 Å². The van der Waals surface area contributed by atoms with Crippen molar-refractivity contribution in [1.82, 2.24) is 0 Å². The maximum atomic E-state index is 13.0. The number of aromatic hydroxyl groups is 1. The molecule has 0 aliphatic heterocycles. The average Bonchev–Trinajstić information content (AvgIpc) is 3.00. The molecule has 0 heterocycles. The van der Waals surface area contributed by atoms with Gasteiger partial charge in [-0.25, -0.2) is 9.59 Å². The van der Waals surface area contributed by atoms with Gasteiger partial charge in [-0.05, 0) is 69.9 Å². The fourth-order valence-electron chi connectivity index (χ4n) is 5.42. The van der Waals surface area contributed by atoms with Gasteiger partial charge in [0.25, 0.3) is 0 Å². The molecule has 180 valence electrons. The van der Waals surface area contributed by atoms with E-state index in [1.807, 2.05) is 33.8 Å². The fraction of sp³-hybridized carbons (Fsp3) is 0.556. The first-order chi connectivity index (χ1) is 15.4. The Morgan fingerprint density at radius 1 is 1.15 bits per heavy atom. The number of phenolic OH excluding ortho intramolecular Hbond substituents is 1. The van der Waals surface area contributed by atoms with E-state index in [-0.39, 0.29) is 17.6 Å². The molecule has 0 amide bonds. The smallest absolute Gasteiger partial charge is 0.338 e. The topological polar surface area (TPSA) is 93.1 Å². The Morgan fingerprint density at radius 3 is 2.36 bits per heavy atom. The number of phenols is 1. The average molecular weight is 457 g/mol. The standard InChI is InChI=1S/C27H36O6/c1-7-18(5)24(29)33-22-15-17(4)14-21(32-25(30)19-8-10-20(28)11-9-19)23-26(22,6)12-13-27(23,31)16(2)3/h7-11,15-16,21-23,28,31H,12-14H2,1-6H3/t21-,22+,23+,26-,27+/m1/s1. The number of aliphatic hydroxyl groups is 1.